The molecule has 0 saturated heterocycles. The van der Waals surface area contributed by atoms with Crippen LogP contribution in [0.15, 0.2) is 49.1 Å². The summed E-state index contributed by atoms with van der Waals surface area (Å²) in [6.07, 6.45) is 4.57. The van der Waals surface area contributed by atoms with E-state index in [0.717, 1.165) is 33.6 Å². The Labute approximate surface area is 168 Å². The Morgan fingerprint density at radius 2 is 1.81 bits per heavy atom. The molecule has 0 radical (unpaired) electrons. The summed E-state index contributed by atoms with van der Waals surface area (Å²) in [6.45, 7) is 5.16. The third-order valence-corrected chi connectivity index (χ3v) is 4.87. The summed E-state index contributed by atoms with van der Waals surface area (Å²) in [4.78, 5) is 4.55. The number of aromatic nitrogens is 2. The maximum absolute atomic E-state index is 6.12. The molecule has 142 valence electrons. The number of pyridine rings is 1. The van der Waals surface area contributed by atoms with Crippen LogP contribution in [0.2, 0.25) is 5.02 Å². The van der Waals surface area contributed by atoms with E-state index < -0.39 is 0 Å². The molecule has 0 aliphatic carbocycles. The molecule has 4 rings (SSSR count). The number of ether oxygens (including phenoxy) is 3. The first-order valence-corrected chi connectivity index (χ1v) is 8.79. The third-order valence-electron chi connectivity index (χ3n) is 4.62. The molecule has 1 aliphatic heterocycles. The number of rotatable bonds is 5. The van der Waals surface area contributed by atoms with Crippen LogP contribution >= 0.6 is 24.0 Å². The van der Waals surface area contributed by atoms with Crippen molar-refractivity contribution in [2.45, 2.75) is 33.3 Å². The van der Waals surface area contributed by atoms with Crippen molar-refractivity contribution in [2.75, 3.05) is 0 Å². The second kappa shape index (κ2) is 8.11. The van der Waals surface area contributed by atoms with Crippen LogP contribution in [0.5, 0.6) is 5.75 Å². The minimum absolute atomic E-state index is 0. The molecular formula is C20H20Cl2N2O3. The van der Waals surface area contributed by atoms with E-state index >= 15 is 0 Å². The number of aryl methyl sites for hydroxylation is 1. The third kappa shape index (κ3) is 3.84. The van der Waals surface area contributed by atoms with E-state index in [1.807, 2.05) is 30.3 Å². The van der Waals surface area contributed by atoms with Gasteiger partial charge in [-0.2, -0.15) is 0 Å². The van der Waals surface area contributed by atoms with Gasteiger partial charge in [0.1, 0.15) is 30.4 Å². The second-order valence-corrected chi connectivity index (χ2v) is 6.65. The first-order valence-electron chi connectivity index (χ1n) is 8.41. The van der Waals surface area contributed by atoms with Crippen LogP contribution in [0.25, 0.3) is 11.0 Å². The molecule has 3 heterocycles. The van der Waals surface area contributed by atoms with Gasteiger partial charge in [0, 0.05) is 23.0 Å². The van der Waals surface area contributed by atoms with Gasteiger partial charge in [-0.3, -0.25) is 4.98 Å². The Morgan fingerprint density at radius 3 is 2.52 bits per heavy atom. The molecule has 0 unspecified atom stereocenters. The molecule has 0 fully saturated rings. The van der Waals surface area contributed by atoms with E-state index in [2.05, 4.69) is 23.4 Å². The summed E-state index contributed by atoms with van der Waals surface area (Å²) in [6, 6.07) is 9.54. The number of fused-ring (bicyclic) bond motifs is 1. The van der Waals surface area contributed by atoms with E-state index in [-0.39, 0.29) is 18.7 Å². The quantitative estimate of drug-likeness (QED) is 0.587. The lowest BCUT2D eigenvalue weighted by atomic mass is 10.2. The summed E-state index contributed by atoms with van der Waals surface area (Å²) in [5, 5.41) is 0.713. The van der Waals surface area contributed by atoms with Crippen molar-refractivity contribution in [3.05, 3.63) is 70.9 Å². The Kier molecular flexibility index (Phi) is 5.82. The molecule has 0 spiro atoms. The Hall–Kier alpha value is -2.37. The fourth-order valence-electron chi connectivity index (χ4n) is 3.11. The standard InChI is InChI=1S/C20H19ClN2O3.ClH/c1-13-14(2)23(11-18-24-9-10-25-18)20-17(7-8-22-19(13)20)26-12-15-3-5-16(21)6-4-15;/h3-10,18H,11-12H2,1-2H3;1H. The molecule has 3 aromatic rings. The van der Waals surface area contributed by atoms with E-state index in [4.69, 9.17) is 25.8 Å². The lowest BCUT2D eigenvalue weighted by Gasteiger charge is -2.16. The molecule has 0 N–H and O–H groups in total. The van der Waals surface area contributed by atoms with Gasteiger partial charge in [0.15, 0.2) is 0 Å². The van der Waals surface area contributed by atoms with Crippen molar-refractivity contribution in [1.82, 2.24) is 9.55 Å². The van der Waals surface area contributed by atoms with E-state index in [1.165, 1.54) is 0 Å². The van der Waals surface area contributed by atoms with Crippen molar-refractivity contribution in [1.29, 1.82) is 0 Å². The van der Waals surface area contributed by atoms with Gasteiger partial charge < -0.3 is 18.8 Å². The lowest BCUT2D eigenvalue weighted by molar-refractivity contribution is -0.0337. The number of benzene rings is 1. The molecule has 5 nitrogen and oxygen atoms in total. The van der Waals surface area contributed by atoms with Crippen LogP contribution in [0.4, 0.5) is 0 Å². The topological polar surface area (TPSA) is 45.5 Å². The smallest absolute Gasteiger partial charge is 0.257 e. The van der Waals surface area contributed by atoms with Gasteiger partial charge in [-0.05, 0) is 37.1 Å². The maximum atomic E-state index is 6.12. The Morgan fingerprint density at radius 1 is 1.11 bits per heavy atom. The zero-order chi connectivity index (χ0) is 18.1. The average Bonchev–Trinajstić information content (AvgIpc) is 3.25. The number of hydrogen-bond acceptors (Lipinski definition) is 4. The summed E-state index contributed by atoms with van der Waals surface area (Å²) in [7, 11) is 0. The molecule has 7 heteroatoms. The highest BCUT2D eigenvalue weighted by Crippen LogP contribution is 2.32. The number of halogens is 2. The summed E-state index contributed by atoms with van der Waals surface area (Å²) >= 11 is 5.95. The lowest BCUT2D eigenvalue weighted by Crippen LogP contribution is -2.17. The molecular weight excluding hydrogens is 387 g/mol. The van der Waals surface area contributed by atoms with Crippen LogP contribution in [0.1, 0.15) is 16.8 Å². The van der Waals surface area contributed by atoms with E-state index in [1.54, 1.807) is 18.7 Å². The van der Waals surface area contributed by atoms with Crippen LogP contribution in [-0.2, 0) is 22.6 Å². The Bertz CT molecular complexity index is 960. The van der Waals surface area contributed by atoms with Gasteiger partial charge in [0.2, 0.25) is 0 Å². The zero-order valence-corrected chi connectivity index (χ0v) is 16.6. The summed E-state index contributed by atoms with van der Waals surface area (Å²) < 4.78 is 19.2. The average molecular weight is 407 g/mol. The van der Waals surface area contributed by atoms with E-state index in [0.29, 0.717) is 18.2 Å². The van der Waals surface area contributed by atoms with Crippen molar-refractivity contribution in [3.63, 3.8) is 0 Å². The normalized spacial score (nSPS) is 13.3. The SMILES string of the molecule is Cc1c(C)n(CC2OC=CO2)c2c(OCc3ccc(Cl)cc3)ccnc12.Cl. The predicted octanol–water partition coefficient (Wildman–Crippen LogP) is 5.15. The van der Waals surface area contributed by atoms with Gasteiger partial charge in [-0.25, -0.2) is 0 Å². The highest BCUT2D eigenvalue weighted by atomic mass is 35.5. The maximum Gasteiger partial charge on any atom is 0.257 e. The highest BCUT2D eigenvalue weighted by molar-refractivity contribution is 6.30. The van der Waals surface area contributed by atoms with Crippen molar-refractivity contribution >= 4 is 35.0 Å². The van der Waals surface area contributed by atoms with Gasteiger partial charge in [0.05, 0.1) is 12.1 Å². The highest BCUT2D eigenvalue weighted by Gasteiger charge is 2.21. The zero-order valence-electron chi connectivity index (χ0n) is 15.0. The van der Waals surface area contributed by atoms with Crippen molar-refractivity contribution in [2.24, 2.45) is 0 Å². The van der Waals surface area contributed by atoms with Crippen LogP contribution in [0.3, 0.4) is 0 Å². The molecule has 2 aromatic heterocycles. The van der Waals surface area contributed by atoms with E-state index in [9.17, 15) is 0 Å². The molecule has 0 bridgehead atoms. The molecule has 0 saturated carbocycles. The monoisotopic (exact) mass is 406 g/mol. The summed E-state index contributed by atoms with van der Waals surface area (Å²) in [5.74, 6) is 0.784. The predicted molar refractivity (Wildman–Crippen MR) is 107 cm³/mol. The summed E-state index contributed by atoms with van der Waals surface area (Å²) in [5.41, 5.74) is 5.19. The number of hydrogen-bond donors (Lipinski definition) is 0. The molecule has 27 heavy (non-hydrogen) atoms. The molecule has 1 aromatic carbocycles. The van der Waals surface area contributed by atoms with Gasteiger partial charge in [-0.15, -0.1) is 12.4 Å². The van der Waals surface area contributed by atoms with Gasteiger partial charge in [-0.1, -0.05) is 23.7 Å². The van der Waals surface area contributed by atoms with Gasteiger partial charge in [0.25, 0.3) is 6.29 Å². The fourth-order valence-corrected chi connectivity index (χ4v) is 3.23. The van der Waals surface area contributed by atoms with Crippen molar-refractivity contribution < 1.29 is 14.2 Å². The molecule has 0 amide bonds. The van der Waals surface area contributed by atoms with Crippen molar-refractivity contribution in [3.8, 4) is 5.75 Å². The second-order valence-electron chi connectivity index (χ2n) is 6.22. The van der Waals surface area contributed by atoms with Crippen LogP contribution in [0, 0.1) is 13.8 Å². The molecule has 0 atom stereocenters. The molecule has 1 aliphatic rings. The largest absolute Gasteiger partial charge is 0.487 e. The fraction of sp³-hybridized carbons (Fsp3) is 0.250. The Balaban J connectivity index is 0.00000210. The van der Waals surface area contributed by atoms with Crippen LogP contribution < -0.4 is 4.74 Å². The first-order chi connectivity index (χ1) is 12.6. The number of nitrogens with zero attached hydrogens (tertiary/aromatic N) is 2. The minimum atomic E-state index is -0.340. The minimum Gasteiger partial charge on any atom is -0.487 e. The van der Waals surface area contributed by atoms with Gasteiger partial charge >= 0.3 is 0 Å². The van der Waals surface area contributed by atoms with Crippen LogP contribution in [-0.4, -0.2) is 15.8 Å². The first kappa shape index (κ1) is 19.4.